The zero-order valence-corrected chi connectivity index (χ0v) is 23.1. The second-order valence-corrected chi connectivity index (χ2v) is 11.7. The first-order valence-electron chi connectivity index (χ1n) is 12.9. The van der Waals surface area contributed by atoms with Crippen LogP contribution in [0.3, 0.4) is 0 Å². The Hall–Kier alpha value is -4.59. The Balaban J connectivity index is 1.61. The van der Waals surface area contributed by atoms with Crippen LogP contribution in [0.1, 0.15) is 36.3 Å². The van der Waals surface area contributed by atoms with Gasteiger partial charge in [0.05, 0.1) is 33.6 Å². The number of hydrogen-bond acceptors (Lipinski definition) is 9. The Kier molecular flexibility index (Phi) is 6.60. The maximum atomic E-state index is 14.3. The zero-order valence-electron chi connectivity index (χ0n) is 22.3. The largest absolute Gasteiger partial charge is 0.419 e. The van der Waals surface area contributed by atoms with Crippen LogP contribution in [0.25, 0.3) is 33.5 Å². The number of nitrogens with zero attached hydrogens (tertiary/aromatic N) is 5. The molecule has 1 fully saturated rings. The standard InChI is InChI=1S/C28H23F3N6O4S/c1-15-24(16(2)41-36-15)22-12-11-18-19(14-37(26(18)33-22)42(39,40)17-7-4-3-5-8-17)25-20(28(29,30)31)13-32-27(35-25)34-21-9-6-10-23(21)38/h3-5,7-8,11-14,21H,6,9-10H2,1-2H3,(H,32,34,35)/t21-/m0/s1. The molecule has 0 spiro atoms. The number of nitrogens with one attached hydrogen (secondary N) is 1. The first-order valence-corrected chi connectivity index (χ1v) is 14.4. The molecule has 42 heavy (non-hydrogen) atoms. The molecule has 0 saturated heterocycles. The van der Waals surface area contributed by atoms with Crippen molar-refractivity contribution in [3.05, 3.63) is 71.9 Å². The molecule has 0 aliphatic heterocycles. The lowest BCUT2D eigenvalue weighted by molar-refractivity contribution is -0.137. The highest BCUT2D eigenvalue weighted by atomic mass is 32.2. The maximum absolute atomic E-state index is 14.3. The molecule has 216 valence electrons. The molecule has 0 amide bonds. The van der Waals surface area contributed by atoms with Crippen LogP contribution in [-0.2, 0) is 21.0 Å². The van der Waals surface area contributed by atoms with Gasteiger partial charge in [-0.1, -0.05) is 23.4 Å². The first kappa shape index (κ1) is 27.6. The summed E-state index contributed by atoms with van der Waals surface area (Å²) in [5.74, 6) is 0.183. The van der Waals surface area contributed by atoms with E-state index >= 15 is 0 Å². The molecule has 0 radical (unpaired) electrons. The topological polar surface area (TPSA) is 133 Å². The van der Waals surface area contributed by atoms with E-state index < -0.39 is 33.5 Å². The number of Topliss-reactive ketones (excluding diaryl/α,β-unsaturated/α-hetero) is 1. The highest BCUT2D eigenvalue weighted by Gasteiger charge is 2.37. The Morgan fingerprint density at radius 3 is 2.48 bits per heavy atom. The second-order valence-electron chi connectivity index (χ2n) is 9.93. The van der Waals surface area contributed by atoms with E-state index in [1.54, 1.807) is 26.0 Å². The second kappa shape index (κ2) is 10.0. The molecule has 1 aliphatic rings. The minimum atomic E-state index is -4.87. The number of hydrogen-bond donors (Lipinski definition) is 1. The fourth-order valence-electron chi connectivity index (χ4n) is 5.13. The molecule has 1 saturated carbocycles. The van der Waals surface area contributed by atoms with Crippen molar-refractivity contribution in [3.63, 3.8) is 0 Å². The number of fused-ring (bicyclic) bond motifs is 1. The number of pyridine rings is 1. The molecule has 1 aliphatic carbocycles. The summed E-state index contributed by atoms with van der Waals surface area (Å²) in [4.78, 5) is 24.7. The van der Waals surface area contributed by atoms with Gasteiger partial charge in [0, 0.05) is 29.8 Å². The van der Waals surface area contributed by atoms with Gasteiger partial charge in [-0.2, -0.15) is 13.2 Å². The normalized spacial score (nSPS) is 15.9. The van der Waals surface area contributed by atoms with Crippen molar-refractivity contribution >= 4 is 32.8 Å². The summed E-state index contributed by atoms with van der Waals surface area (Å²) < 4.78 is 76.5. The summed E-state index contributed by atoms with van der Waals surface area (Å²) in [5.41, 5.74) is -0.587. The number of aromatic nitrogens is 5. The number of rotatable bonds is 6. The molecule has 14 heteroatoms. The Labute approximate surface area is 237 Å². The van der Waals surface area contributed by atoms with Gasteiger partial charge in [0.1, 0.15) is 11.3 Å². The number of anilines is 1. The van der Waals surface area contributed by atoms with Crippen LogP contribution in [0.2, 0.25) is 0 Å². The zero-order chi connectivity index (χ0) is 29.8. The summed E-state index contributed by atoms with van der Waals surface area (Å²) in [7, 11) is -4.31. The smallest absolute Gasteiger partial charge is 0.361 e. The van der Waals surface area contributed by atoms with E-state index in [1.807, 2.05) is 0 Å². The quantitative estimate of drug-likeness (QED) is 0.268. The van der Waals surface area contributed by atoms with Crippen molar-refractivity contribution in [2.45, 2.75) is 50.2 Å². The van der Waals surface area contributed by atoms with Gasteiger partial charge in [0.15, 0.2) is 11.4 Å². The summed E-state index contributed by atoms with van der Waals surface area (Å²) >= 11 is 0. The SMILES string of the molecule is Cc1noc(C)c1-c1ccc2c(-c3nc(N[C@H]4CCCC4=O)ncc3C(F)(F)F)cn(S(=O)(=O)c3ccccc3)c2n1. The molecular weight excluding hydrogens is 573 g/mol. The van der Waals surface area contributed by atoms with Crippen molar-refractivity contribution in [2.75, 3.05) is 5.32 Å². The van der Waals surface area contributed by atoms with E-state index in [1.165, 1.54) is 30.3 Å². The molecule has 4 heterocycles. The highest BCUT2D eigenvalue weighted by Crippen LogP contribution is 2.41. The number of carbonyl (C=O) groups excluding carboxylic acids is 1. The maximum Gasteiger partial charge on any atom is 0.419 e. The fourth-order valence-corrected chi connectivity index (χ4v) is 6.47. The minimum Gasteiger partial charge on any atom is -0.361 e. The van der Waals surface area contributed by atoms with Crippen LogP contribution in [0, 0.1) is 13.8 Å². The van der Waals surface area contributed by atoms with Gasteiger partial charge in [-0.05, 0) is 51.0 Å². The third-order valence-electron chi connectivity index (χ3n) is 7.17. The Morgan fingerprint density at radius 1 is 1.07 bits per heavy atom. The van der Waals surface area contributed by atoms with E-state index in [0.29, 0.717) is 48.2 Å². The third-order valence-corrected chi connectivity index (χ3v) is 8.83. The molecule has 0 unspecified atom stereocenters. The number of benzene rings is 1. The number of alkyl halides is 3. The van der Waals surface area contributed by atoms with Gasteiger partial charge in [-0.25, -0.2) is 27.3 Å². The van der Waals surface area contributed by atoms with Gasteiger partial charge in [-0.15, -0.1) is 0 Å². The summed E-state index contributed by atoms with van der Waals surface area (Å²) in [6.45, 7) is 3.37. The lowest BCUT2D eigenvalue weighted by Crippen LogP contribution is -2.25. The van der Waals surface area contributed by atoms with Crippen LogP contribution in [0.5, 0.6) is 0 Å². The third kappa shape index (κ3) is 4.70. The molecule has 4 aromatic heterocycles. The predicted molar refractivity (Wildman–Crippen MR) is 146 cm³/mol. The predicted octanol–water partition coefficient (Wildman–Crippen LogP) is 5.55. The van der Waals surface area contributed by atoms with Gasteiger partial charge in [0.25, 0.3) is 10.0 Å². The van der Waals surface area contributed by atoms with E-state index in [4.69, 9.17) is 4.52 Å². The Morgan fingerprint density at radius 2 is 1.83 bits per heavy atom. The van der Waals surface area contributed by atoms with Crippen LogP contribution in [0.4, 0.5) is 19.1 Å². The molecule has 5 aromatic rings. The van der Waals surface area contributed by atoms with Crippen LogP contribution in [-0.4, -0.2) is 44.3 Å². The monoisotopic (exact) mass is 596 g/mol. The van der Waals surface area contributed by atoms with Crippen molar-refractivity contribution in [1.82, 2.24) is 24.1 Å². The molecular formula is C28H23F3N6O4S. The minimum absolute atomic E-state index is 0.0818. The fraction of sp³-hybridized carbons (Fsp3) is 0.250. The van der Waals surface area contributed by atoms with E-state index in [2.05, 4.69) is 25.4 Å². The lowest BCUT2D eigenvalue weighted by atomic mass is 10.1. The average Bonchev–Trinajstić information content (AvgIpc) is 3.64. The molecule has 0 bridgehead atoms. The molecule has 1 atom stereocenters. The van der Waals surface area contributed by atoms with Crippen LogP contribution >= 0.6 is 0 Å². The summed E-state index contributed by atoms with van der Waals surface area (Å²) in [5, 5.41) is 6.87. The summed E-state index contributed by atoms with van der Waals surface area (Å²) in [6, 6.07) is 9.92. The molecule has 10 nitrogen and oxygen atoms in total. The van der Waals surface area contributed by atoms with E-state index in [9.17, 15) is 26.4 Å². The van der Waals surface area contributed by atoms with Crippen molar-refractivity contribution in [3.8, 4) is 22.5 Å². The number of aryl methyl sites for hydroxylation is 2. The van der Waals surface area contributed by atoms with Gasteiger partial charge in [0.2, 0.25) is 5.95 Å². The van der Waals surface area contributed by atoms with Crippen molar-refractivity contribution in [2.24, 2.45) is 0 Å². The molecule has 1 aromatic carbocycles. The lowest BCUT2D eigenvalue weighted by Gasteiger charge is -2.15. The van der Waals surface area contributed by atoms with Crippen LogP contribution in [0.15, 0.2) is 64.3 Å². The Bertz CT molecular complexity index is 1930. The van der Waals surface area contributed by atoms with Crippen molar-refractivity contribution in [1.29, 1.82) is 0 Å². The van der Waals surface area contributed by atoms with Gasteiger partial charge < -0.3 is 9.84 Å². The van der Waals surface area contributed by atoms with E-state index in [0.717, 1.165) is 10.2 Å². The average molecular weight is 597 g/mol. The highest BCUT2D eigenvalue weighted by molar-refractivity contribution is 7.90. The van der Waals surface area contributed by atoms with E-state index in [-0.39, 0.29) is 33.2 Å². The molecule has 6 rings (SSSR count). The molecule has 1 N–H and O–H groups in total. The van der Waals surface area contributed by atoms with Crippen molar-refractivity contribution < 1.29 is 30.9 Å². The number of carbonyl (C=O) groups is 1. The number of ketones is 1. The van der Waals surface area contributed by atoms with Gasteiger partial charge >= 0.3 is 6.18 Å². The summed E-state index contributed by atoms with van der Waals surface area (Å²) in [6.07, 6.45) is -1.65. The van der Waals surface area contributed by atoms with Gasteiger partial charge in [-0.3, -0.25) is 4.79 Å². The van der Waals surface area contributed by atoms with Crippen LogP contribution < -0.4 is 5.32 Å². The number of halogens is 3. The first-order chi connectivity index (χ1) is 19.9.